The Morgan fingerprint density at radius 3 is 2.89 bits per heavy atom. The summed E-state index contributed by atoms with van der Waals surface area (Å²) in [4.78, 5) is 10.3. The lowest BCUT2D eigenvalue weighted by Crippen LogP contribution is -2.36. The molecule has 0 saturated heterocycles. The van der Waals surface area contributed by atoms with Gasteiger partial charge in [-0.3, -0.25) is 4.40 Å². The Balaban J connectivity index is 0.00000280. The van der Waals surface area contributed by atoms with Crippen LogP contribution in [-0.2, 0) is 13.1 Å². The Bertz CT molecular complexity index is 877. The molecule has 0 aliphatic rings. The van der Waals surface area contributed by atoms with Crippen molar-refractivity contribution in [2.75, 3.05) is 13.2 Å². The molecule has 0 radical (unpaired) electrons. The molecule has 28 heavy (non-hydrogen) atoms. The van der Waals surface area contributed by atoms with Gasteiger partial charge >= 0.3 is 0 Å². The Morgan fingerprint density at radius 1 is 1.29 bits per heavy atom. The molecule has 0 atom stereocenters. The number of aliphatic imine (C=N–C) groups is 1. The second-order valence-corrected chi connectivity index (χ2v) is 7.21. The monoisotopic (exact) mass is 513 g/mol. The zero-order valence-electron chi connectivity index (χ0n) is 16.6. The quantitative estimate of drug-likeness (QED) is 0.267. The van der Waals surface area contributed by atoms with Gasteiger partial charge in [0.05, 0.1) is 25.4 Å². The van der Waals surface area contributed by atoms with E-state index in [1.165, 1.54) is 5.56 Å². The number of fused-ring (bicyclic) bond motifs is 1. The van der Waals surface area contributed by atoms with Crippen molar-refractivity contribution in [3.8, 4) is 5.75 Å². The fourth-order valence-electron chi connectivity index (χ4n) is 2.68. The molecule has 2 N–H and O–H groups in total. The van der Waals surface area contributed by atoms with Crippen LogP contribution in [0.25, 0.3) is 4.96 Å². The van der Waals surface area contributed by atoms with E-state index >= 15 is 0 Å². The van der Waals surface area contributed by atoms with Crippen LogP contribution in [0, 0.1) is 6.92 Å². The number of imidazole rings is 1. The maximum Gasteiger partial charge on any atom is 0.193 e. The Morgan fingerprint density at radius 2 is 2.14 bits per heavy atom. The minimum absolute atomic E-state index is 0. The molecule has 0 bridgehead atoms. The maximum absolute atomic E-state index is 5.89. The van der Waals surface area contributed by atoms with E-state index in [0.29, 0.717) is 13.1 Å². The van der Waals surface area contributed by atoms with Crippen molar-refractivity contribution in [2.45, 2.75) is 40.3 Å². The van der Waals surface area contributed by atoms with Crippen LogP contribution >= 0.6 is 35.3 Å². The van der Waals surface area contributed by atoms with Crippen LogP contribution in [0.2, 0.25) is 0 Å². The number of halogens is 1. The van der Waals surface area contributed by atoms with Crippen molar-refractivity contribution in [1.29, 1.82) is 0 Å². The van der Waals surface area contributed by atoms with Crippen LogP contribution < -0.4 is 15.4 Å². The molecule has 3 rings (SSSR count). The third kappa shape index (κ3) is 6.10. The highest BCUT2D eigenvalue weighted by Crippen LogP contribution is 2.21. The van der Waals surface area contributed by atoms with Crippen molar-refractivity contribution in [1.82, 2.24) is 20.0 Å². The molecule has 2 heterocycles. The van der Waals surface area contributed by atoms with E-state index in [1.54, 1.807) is 11.3 Å². The molecule has 2 aromatic heterocycles. The molecule has 0 aliphatic carbocycles. The molecule has 6 nitrogen and oxygen atoms in total. The van der Waals surface area contributed by atoms with Crippen molar-refractivity contribution in [2.24, 2.45) is 4.99 Å². The summed E-state index contributed by atoms with van der Waals surface area (Å²) in [5, 5.41) is 8.68. The number of thiazole rings is 1. The van der Waals surface area contributed by atoms with Crippen LogP contribution in [0.15, 0.2) is 41.0 Å². The molecule has 0 amide bonds. The first kappa shape index (κ1) is 22.5. The zero-order chi connectivity index (χ0) is 19.1. The maximum atomic E-state index is 5.89. The van der Waals surface area contributed by atoms with Gasteiger partial charge in [0, 0.05) is 29.9 Å². The number of nitrogens with zero attached hydrogens (tertiary/aromatic N) is 3. The topological polar surface area (TPSA) is 63.0 Å². The van der Waals surface area contributed by atoms with E-state index < -0.39 is 0 Å². The summed E-state index contributed by atoms with van der Waals surface area (Å²) in [6.45, 7) is 8.97. The second kappa shape index (κ2) is 11.3. The third-order valence-electron chi connectivity index (χ3n) is 4.02. The molecular weight excluding hydrogens is 485 g/mol. The molecular formula is C20H28IN5OS. The number of benzene rings is 1. The van der Waals surface area contributed by atoms with Gasteiger partial charge in [0.2, 0.25) is 0 Å². The van der Waals surface area contributed by atoms with E-state index in [2.05, 4.69) is 54.6 Å². The minimum Gasteiger partial charge on any atom is -0.493 e. The summed E-state index contributed by atoms with van der Waals surface area (Å²) in [6, 6.07) is 6.28. The first-order valence-electron chi connectivity index (χ1n) is 9.35. The largest absolute Gasteiger partial charge is 0.493 e. The number of aryl methyl sites for hydroxylation is 1. The molecule has 0 spiro atoms. The van der Waals surface area contributed by atoms with Gasteiger partial charge < -0.3 is 15.4 Å². The summed E-state index contributed by atoms with van der Waals surface area (Å²) in [5.74, 6) is 1.70. The lowest BCUT2D eigenvalue weighted by molar-refractivity contribution is 0.314. The highest BCUT2D eigenvalue weighted by atomic mass is 127. The molecule has 0 fully saturated rings. The Hall–Kier alpha value is -1.81. The molecule has 0 saturated carbocycles. The first-order chi connectivity index (χ1) is 13.2. The average Bonchev–Trinajstić information content (AvgIpc) is 3.25. The third-order valence-corrected chi connectivity index (χ3v) is 4.79. The Labute approximate surface area is 187 Å². The van der Waals surface area contributed by atoms with Crippen molar-refractivity contribution in [3.63, 3.8) is 0 Å². The van der Waals surface area contributed by atoms with E-state index in [9.17, 15) is 0 Å². The lowest BCUT2D eigenvalue weighted by Gasteiger charge is -2.13. The van der Waals surface area contributed by atoms with Gasteiger partial charge in [-0.05, 0) is 31.9 Å². The van der Waals surface area contributed by atoms with E-state index in [1.807, 2.05) is 22.2 Å². The summed E-state index contributed by atoms with van der Waals surface area (Å²) in [5.41, 5.74) is 3.28. The molecule has 0 aliphatic heterocycles. The van der Waals surface area contributed by atoms with Gasteiger partial charge in [-0.25, -0.2) is 9.98 Å². The molecule has 0 unspecified atom stereocenters. The van der Waals surface area contributed by atoms with Crippen molar-refractivity contribution < 1.29 is 4.74 Å². The number of nitrogens with one attached hydrogen (secondary N) is 2. The normalized spacial score (nSPS) is 11.3. The van der Waals surface area contributed by atoms with Crippen LogP contribution in [0.4, 0.5) is 0 Å². The smallest absolute Gasteiger partial charge is 0.193 e. The second-order valence-electron chi connectivity index (χ2n) is 6.33. The highest BCUT2D eigenvalue weighted by molar-refractivity contribution is 14.0. The van der Waals surface area contributed by atoms with Gasteiger partial charge in [-0.2, -0.15) is 0 Å². The molecule has 8 heteroatoms. The van der Waals surface area contributed by atoms with Crippen LogP contribution in [0.3, 0.4) is 0 Å². The summed E-state index contributed by atoms with van der Waals surface area (Å²) in [7, 11) is 0. The number of hydrogen-bond donors (Lipinski definition) is 2. The average molecular weight is 513 g/mol. The zero-order valence-corrected chi connectivity index (χ0v) is 19.7. The first-order valence-corrected chi connectivity index (χ1v) is 10.2. The van der Waals surface area contributed by atoms with Gasteiger partial charge in [-0.1, -0.05) is 19.1 Å². The number of aromatic nitrogens is 2. The Kier molecular flexibility index (Phi) is 9.04. The predicted octanol–water partition coefficient (Wildman–Crippen LogP) is 4.37. The fourth-order valence-corrected chi connectivity index (χ4v) is 3.40. The van der Waals surface area contributed by atoms with Gasteiger partial charge in [0.15, 0.2) is 10.9 Å². The molecule has 3 aromatic rings. The van der Waals surface area contributed by atoms with E-state index in [4.69, 9.17) is 9.73 Å². The highest BCUT2D eigenvalue weighted by Gasteiger charge is 2.06. The summed E-state index contributed by atoms with van der Waals surface area (Å²) < 4.78 is 7.93. The number of hydrogen-bond acceptors (Lipinski definition) is 4. The van der Waals surface area contributed by atoms with Gasteiger partial charge in [-0.15, -0.1) is 35.3 Å². The van der Waals surface area contributed by atoms with Crippen LogP contribution in [-0.4, -0.2) is 28.5 Å². The van der Waals surface area contributed by atoms with Crippen LogP contribution in [0.1, 0.15) is 37.1 Å². The molecule has 1 aromatic carbocycles. The molecule has 152 valence electrons. The summed E-state index contributed by atoms with van der Waals surface area (Å²) >= 11 is 1.63. The lowest BCUT2D eigenvalue weighted by atomic mass is 10.1. The SMILES string of the molecule is CCCOc1cc(C)ccc1CN=C(NCC)NCc1cn2ccsc2n1.I. The minimum atomic E-state index is 0. The van der Waals surface area contributed by atoms with Crippen molar-refractivity contribution in [3.05, 3.63) is 52.8 Å². The van der Waals surface area contributed by atoms with E-state index in [-0.39, 0.29) is 24.0 Å². The predicted molar refractivity (Wildman–Crippen MR) is 127 cm³/mol. The van der Waals surface area contributed by atoms with Crippen molar-refractivity contribution >= 4 is 46.2 Å². The summed E-state index contributed by atoms with van der Waals surface area (Å²) in [6.07, 6.45) is 5.05. The van der Waals surface area contributed by atoms with Crippen LogP contribution in [0.5, 0.6) is 5.75 Å². The fraction of sp³-hybridized carbons (Fsp3) is 0.400. The standard InChI is InChI=1S/C20H27N5OS.HI/c1-4-9-26-18-11-15(3)6-7-16(18)12-22-19(21-5-2)23-13-17-14-25-8-10-27-20(25)24-17;/h6-8,10-11,14H,4-5,9,12-13H2,1-3H3,(H2,21,22,23);1H. The van der Waals surface area contributed by atoms with Gasteiger partial charge in [0.1, 0.15) is 5.75 Å². The number of ether oxygens (including phenoxy) is 1. The van der Waals surface area contributed by atoms with Gasteiger partial charge in [0.25, 0.3) is 0 Å². The van der Waals surface area contributed by atoms with E-state index in [0.717, 1.165) is 47.5 Å². The number of rotatable bonds is 8. The number of guanidine groups is 1.